The molecule has 1 unspecified atom stereocenters. The van der Waals surface area contributed by atoms with Gasteiger partial charge in [-0.3, -0.25) is 9.59 Å². The first-order valence-corrected chi connectivity index (χ1v) is 7.47. The summed E-state index contributed by atoms with van der Waals surface area (Å²) in [5.41, 5.74) is 0.539. The number of para-hydroxylation sites is 1. The smallest absolute Gasteiger partial charge is 0.335 e. The van der Waals surface area contributed by atoms with Crippen LogP contribution in [0.2, 0.25) is 0 Å². The van der Waals surface area contributed by atoms with Crippen molar-refractivity contribution in [1.82, 2.24) is 5.32 Å². The fourth-order valence-corrected chi connectivity index (χ4v) is 1.99. The van der Waals surface area contributed by atoms with Crippen LogP contribution in [0, 0.1) is 5.92 Å². The van der Waals surface area contributed by atoms with E-state index in [0.29, 0.717) is 5.69 Å². The van der Waals surface area contributed by atoms with Gasteiger partial charge in [0.25, 0.3) is 5.91 Å². The molecule has 1 rings (SSSR count). The van der Waals surface area contributed by atoms with Gasteiger partial charge in [0.1, 0.15) is 6.04 Å². The first kappa shape index (κ1) is 19.6. The second-order valence-electron chi connectivity index (χ2n) is 5.77. The van der Waals surface area contributed by atoms with Gasteiger partial charge < -0.3 is 26.0 Å². The molecular weight excluding hydrogens is 316 g/mol. The highest BCUT2D eigenvalue weighted by molar-refractivity contribution is 5.98. The highest BCUT2D eigenvalue weighted by Gasteiger charge is 2.32. The minimum absolute atomic E-state index is 0.0540. The van der Waals surface area contributed by atoms with Crippen LogP contribution in [0.25, 0.3) is 0 Å². The average Bonchev–Trinajstić information content (AvgIpc) is 2.53. The van der Waals surface area contributed by atoms with Gasteiger partial charge in [0.2, 0.25) is 5.91 Å². The number of anilines is 1. The Hall–Kier alpha value is -2.45. The average molecular weight is 338 g/mol. The topological polar surface area (TPSA) is 136 Å². The number of carbonyl (C=O) groups is 3. The van der Waals surface area contributed by atoms with Crippen molar-refractivity contribution in [2.45, 2.75) is 38.5 Å². The third-order valence-electron chi connectivity index (χ3n) is 3.20. The number of aliphatic hydroxyl groups excluding tert-OH is 2. The molecule has 0 aliphatic rings. The van der Waals surface area contributed by atoms with Gasteiger partial charge >= 0.3 is 5.97 Å². The van der Waals surface area contributed by atoms with Gasteiger partial charge in [0, 0.05) is 5.69 Å². The van der Waals surface area contributed by atoms with Gasteiger partial charge in [-0.2, -0.15) is 0 Å². The lowest BCUT2D eigenvalue weighted by atomic mass is 10.0. The van der Waals surface area contributed by atoms with E-state index in [4.69, 9.17) is 5.11 Å². The summed E-state index contributed by atoms with van der Waals surface area (Å²) in [6.45, 7) is 3.69. The van der Waals surface area contributed by atoms with Crippen LogP contribution in [0.5, 0.6) is 0 Å². The molecule has 3 atom stereocenters. The highest BCUT2D eigenvalue weighted by atomic mass is 16.4. The van der Waals surface area contributed by atoms with E-state index in [1.165, 1.54) is 0 Å². The van der Waals surface area contributed by atoms with Gasteiger partial charge in [0.05, 0.1) is 0 Å². The summed E-state index contributed by atoms with van der Waals surface area (Å²) < 4.78 is 0. The van der Waals surface area contributed by atoms with E-state index in [9.17, 15) is 24.6 Å². The number of carbonyl (C=O) groups excluding carboxylic acids is 2. The molecule has 0 radical (unpaired) electrons. The Balaban J connectivity index is 2.79. The Labute approximate surface area is 139 Å². The Kier molecular flexibility index (Phi) is 7.34. The van der Waals surface area contributed by atoms with Gasteiger partial charge in [-0.05, 0) is 24.5 Å². The Morgan fingerprint density at radius 1 is 1.00 bits per heavy atom. The fourth-order valence-electron chi connectivity index (χ4n) is 1.99. The predicted octanol–water partition coefficient (Wildman–Crippen LogP) is -0.0376. The summed E-state index contributed by atoms with van der Waals surface area (Å²) >= 11 is 0. The number of rotatable bonds is 8. The molecule has 24 heavy (non-hydrogen) atoms. The van der Waals surface area contributed by atoms with Gasteiger partial charge in [-0.1, -0.05) is 32.0 Å². The molecule has 0 saturated heterocycles. The number of hydrogen-bond donors (Lipinski definition) is 5. The van der Waals surface area contributed by atoms with E-state index < -0.39 is 36.0 Å². The molecule has 0 bridgehead atoms. The Morgan fingerprint density at radius 2 is 1.58 bits per heavy atom. The van der Waals surface area contributed by atoms with Gasteiger partial charge in [0.15, 0.2) is 12.2 Å². The lowest BCUT2D eigenvalue weighted by molar-refractivity contribution is -0.158. The number of aliphatic carboxylic acids is 1. The molecule has 8 heteroatoms. The molecule has 0 aromatic heterocycles. The molecule has 8 nitrogen and oxygen atoms in total. The SMILES string of the molecule is CC(C)CC(NC(=O)[C@@H](O)[C@H](O)C(=O)O)C(=O)Nc1ccccc1. The molecule has 0 aliphatic carbocycles. The monoisotopic (exact) mass is 338 g/mol. The molecule has 0 saturated carbocycles. The van der Waals surface area contributed by atoms with Crippen molar-refractivity contribution in [2.24, 2.45) is 5.92 Å². The molecule has 0 fully saturated rings. The van der Waals surface area contributed by atoms with Crippen LogP contribution < -0.4 is 10.6 Å². The maximum atomic E-state index is 12.3. The number of nitrogens with one attached hydrogen (secondary N) is 2. The molecule has 1 aromatic carbocycles. The molecule has 132 valence electrons. The number of benzene rings is 1. The number of hydrogen-bond acceptors (Lipinski definition) is 5. The van der Waals surface area contributed by atoms with E-state index >= 15 is 0 Å². The van der Waals surface area contributed by atoms with Crippen LogP contribution in [0.1, 0.15) is 20.3 Å². The summed E-state index contributed by atoms with van der Waals surface area (Å²) in [6, 6.07) is 7.63. The zero-order chi connectivity index (χ0) is 18.3. The first-order chi connectivity index (χ1) is 11.2. The zero-order valence-electron chi connectivity index (χ0n) is 13.5. The van der Waals surface area contributed by atoms with E-state index in [0.717, 1.165) is 0 Å². The largest absolute Gasteiger partial charge is 0.479 e. The molecule has 0 aliphatic heterocycles. The number of carboxylic acids is 1. The number of carboxylic acid groups (broad SMARTS) is 1. The second kappa shape index (κ2) is 8.99. The van der Waals surface area contributed by atoms with Crippen molar-refractivity contribution in [3.8, 4) is 0 Å². The van der Waals surface area contributed by atoms with Crippen molar-refractivity contribution < 1.29 is 29.7 Å². The predicted molar refractivity (Wildman–Crippen MR) is 86.1 cm³/mol. The Morgan fingerprint density at radius 3 is 2.08 bits per heavy atom. The third kappa shape index (κ3) is 5.98. The molecule has 5 N–H and O–H groups in total. The van der Waals surface area contributed by atoms with Crippen LogP contribution in [0.3, 0.4) is 0 Å². The lowest BCUT2D eigenvalue weighted by Crippen LogP contribution is -2.52. The van der Waals surface area contributed by atoms with E-state index in [2.05, 4.69) is 10.6 Å². The van der Waals surface area contributed by atoms with Crippen molar-refractivity contribution in [2.75, 3.05) is 5.32 Å². The third-order valence-corrected chi connectivity index (χ3v) is 3.20. The maximum Gasteiger partial charge on any atom is 0.335 e. The summed E-state index contributed by atoms with van der Waals surface area (Å²) in [5.74, 6) is -3.30. The minimum Gasteiger partial charge on any atom is -0.479 e. The van der Waals surface area contributed by atoms with Crippen molar-refractivity contribution in [3.05, 3.63) is 30.3 Å². The standard InChI is InChI=1S/C16H22N2O6/c1-9(2)8-11(14(21)17-10-6-4-3-5-7-10)18-15(22)12(19)13(20)16(23)24/h3-7,9,11-13,19-20H,8H2,1-2H3,(H,17,21)(H,18,22)(H,23,24)/t11?,12-,13-/m0/s1. The molecular formula is C16H22N2O6. The highest BCUT2D eigenvalue weighted by Crippen LogP contribution is 2.10. The van der Waals surface area contributed by atoms with E-state index in [1.807, 2.05) is 13.8 Å². The molecule has 1 aromatic rings. The van der Waals surface area contributed by atoms with Crippen molar-refractivity contribution >= 4 is 23.5 Å². The van der Waals surface area contributed by atoms with Crippen LogP contribution in [-0.4, -0.2) is 51.4 Å². The van der Waals surface area contributed by atoms with Crippen LogP contribution >= 0.6 is 0 Å². The summed E-state index contributed by atoms with van der Waals surface area (Å²) in [4.78, 5) is 34.8. The summed E-state index contributed by atoms with van der Waals surface area (Å²) in [5, 5.41) is 32.3. The number of amides is 2. The normalized spacial score (nSPS) is 14.5. The summed E-state index contributed by atoms with van der Waals surface area (Å²) in [7, 11) is 0. The molecule has 0 spiro atoms. The summed E-state index contributed by atoms with van der Waals surface area (Å²) in [6.07, 6.45) is -4.15. The number of aliphatic hydroxyl groups is 2. The van der Waals surface area contributed by atoms with Crippen LogP contribution in [0.4, 0.5) is 5.69 Å². The van der Waals surface area contributed by atoms with E-state index in [1.54, 1.807) is 30.3 Å². The minimum atomic E-state index is -2.26. The van der Waals surface area contributed by atoms with Crippen LogP contribution in [0.15, 0.2) is 30.3 Å². The van der Waals surface area contributed by atoms with E-state index in [-0.39, 0.29) is 12.3 Å². The molecule has 2 amide bonds. The van der Waals surface area contributed by atoms with Crippen molar-refractivity contribution in [3.63, 3.8) is 0 Å². The Bertz CT molecular complexity index is 575. The van der Waals surface area contributed by atoms with Crippen molar-refractivity contribution in [1.29, 1.82) is 0 Å². The second-order valence-corrected chi connectivity index (χ2v) is 5.77. The first-order valence-electron chi connectivity index (χ1n) is 7.47. The lowest BCUT2D eigenvalue weighted by Gasteiger charge is -2.22. The maximum absolute atomic E-state index is 12.3. The quantitative estimate of drug-likeness (QED) is 0.451. The van der Waals surface area contributed by atoms with Gasteiger partial charge in [-0.15, -0.1) is 0 Å². The zero-order valence-corrected chi connectivity index (χ0v) is 13.5. The van der Waals surface area contributed by atoms with Crippen LogP contribution in [-0.2, 0) is 14.4 Å². The fraction of sp³-hybridized carbons (Fsp3) is 0.438. The molecule has 0 heterocycles. The van der Waals surface area contributed by atoms with Gasteiger partial charge in [-0.25, -0.2) is 4.79 Å².